The first-order valence-electron chi connectivity index (χ1n) is 10.9. The van der Waals surface area contributed by atoms with Gasteiger partial charge in [0.1, 0.15) is 0 Å². The van der Waals surface area contributed by atoms with Crippen molar-refractivity contribution in [2.75, 3.05) is 5.32 Å². The molecule has 1 aliphatic rings. The summed E-state index contributed by atoms with van der Waals surface area (Å²) in [5.41, 5.74) is 6.56. The molecule has 0 spiro atoms. The summed E-state index contributed by atoms with van der Waals surface area (Å²) in [5, 5.41) is 4.23. The van der Waals surface area contributed by atoms with E-state index in [0.717, 1.165) is 23.0 Å². The fourth-order valence-electron chi connectivity index (χ4n) is 4.75. The van der Waals surface area contributed by atoms with Gasteiger partial charge in [-0.2, -0.15) is 0 Å². The average molecular weight is 407 g/mol. The van der Waals surface area contributed by atoms with Gasteiger partial charge in [-0.25, -0.2) is 0 Å². The Kier molecular flexibility index (Phi) is 5.03. The first-order valence-corrected chi connectivity index (χ1v) is 10.9. The van der Waals surface area contributed by atoms with Gasteiger partial charge >= 0.3 is 0 Å². The van der Waals surface area contributed by atoms with Gasteiger partial charge < -0.3 is 5.32 Å². The Bertz CT molecular complexity index is 1170. The number of rotatable bonds is 4. The van der Waals surface area contributed by atoms with Crippen molar-refractivity contribution in [1.82, 2.24) is 4.98 Å². The largest absolute Gasteiger partial charge is 0.324 e. The fraction of sp³-hybridized carbons (Fsp3) is 0.214. The Morgan fingerprint density at radius 2 is 1.39 bits per heavy atom. The van der Waals surface area contributed by atoms with Crippen molar-refractivity contribution in [3.63, 3.8) is 0 Å². The monoisotopic (exact) mass is 406 g/mol. The van der Waals surface area contributed by atoms with Crippen molar-refractivity contribution < 1.29 is 4.79 Å². The summed E-state index contributed by atoms with van der Waals surface area (Å²) >= 11 is 0. The standard InChI is InChI=1S/C28H26N2O/c1-18-8-12-20(13-9-18)23-17-24(21-14-10-19(2)11-15-21)26(23)28(31)30-25-7-3-5-22-6-4-16-29-27(22)25/h3-16,23-24,26H,17H2,1-2H3,(H,30,31)/t23-,24+,26?. The van der Waals surface area contributed by atoms with E-state index >= 15 is 0 Å². The molecule has 31 heavy (non-hydrogen) atoms. The second-order valence-electron chi connectivity index (χ2n) is 8.67. The maximum Gasteiger partial charge on any atom is 0.228 e. The minimum atomic E-state index is -0.107. The molecule has 0 aliphatic heterocycles. The number of hydrogen-bond donors (Lipinski definition) is 1. The number of para-hydroxylation sites is 1. The average Bonchev–Trinajstić information content (AvgIpc) is 2.76. The van der Waals surface area contributed by atoms with Gasteiger partial charge in [0.05, 0.1) is 17.1 Å². The molecule has 1 N–H and O–H groups in total. The molecule has 5 rings (SSSR count). The second-order valence-corrected chi connectivity index (χ2v) is 8.67. The summed E-state index contributed by atoms with van der Waals surface area (Å²) in [7, 11) is 0. The Morgan fingerprint density at radius 1 is 0.806 bits per heavy atom. The zero-order valence-corrected chi connectivity index (χ0v) is 17.9. The van der Waals surface area contributed by atoms with E-state index in [1.54, 1.807) is 6.20 Å². The van der Waals surface area contributed by atoms with Crippen molar-refractivity contribution in [1.29, 1.82) is 0 Å². The van der Waals surface area contributed by atoms with Crippen LogP contribution in [0.1, 0.15) is 40.5 Å². The number of nitrogens with one attached hydrogen (secondary N) is 1. The zero-order valence-electron chi connectivity index (χ0n) is 17.9. The van der Waals surface area contributed by atoms with Crippen LogP contribution in [-0.2, 0) is 4.79 Å². The highest BCUT2D eigenvalue weighted by atomic mass is 16.2. The van der Waals surface area contributed by atoms with Crippen molar-refractivity contribution in [3.05, 3.63) is 107 Å². The van der Waals surface area contributed by atoms with E-state index in [-0.39, 0.29) is 23.7 Å². The number of aryl methyl sites for hydroxylation is 2. The molecule has 1 aromatic heterocycles. The second kappa shape index (κ2) is 7.99. The van der Waals surface area contributed by atoms with Crippen LogP contribution >= 0.6 is 0 Å². The van der Waals surface area contributed by atoms with Crippen LogP contribution in [0.3, 0.4) is 0 Å². The summed E-state index contributed by atoms with van der Waals surface area (Å²) in [6, 6.07) is 27.1. The molecule has 1 heterocycles. The van der Waals surface area contributed by atoms with E-state index in [1.165, 1.54) is 22.3 Å². The smallest absolute Gasteiger partial charge is 0.228 e. The predicted molar refractivity (Wildman–Crippen MR) is 126 cm³/mol. The zero-order chi connectivity index (χ0) is 21.4. The molecule has 0 radical (unpaired) electrons. The van der Waals surface area contributed by atoms with Crippen LogP contribution in [0.25, 0.3) is 10.9 Å². The van der Waals surface area contributed by atoms with Gasteiger partial charge in [0.2, 0.25) is 5.91 Å². The molecular weight excluding hydrogens is 380 g/mol. The van der Waals surface area contributed by atoms with Crippen LogP contribution in [0, 0.1) is 19.8 Å². The van der Waals surface area contributed by atoms with Crippen LogP contribution in [0.4, 0.5) is 5.69 Å². The summed E-state index contributed by atoms with van der Waals surface area (Å²) in [6.07, 6.45) is 2.75. The highest BCUT2D eigenvalue weighted by Gasteiger charge is 2.47. The maximum absolute atomic E-state index is 13.6. The number of hydrogen-bond acceptors (Lipinski definition) is 2. The number of carbonyl (C=O) groups excluding carboxylic acids is 1. The quantitative estimate of drug-likeness (QED) is 0.427. The number of fused-ring (bicyclic) bond motifs is 1. The third kappa shape index (κ3) is 3.72. The van der Waals surface area contributed by atoms with E-state index in [4.69, 9.17) is 0 Å². The summed E-state index contributed by atoms with van der Waals surface area (Å²) in [4.78, 5) is 18.1. The Morgan fingerprint density at radius 3 is 2.00 bits per heavy atom. The summed E-state index contributed by atoms with van der Waals surface area (Å²) < 4.78 is 0. The number of pyridine rings is 1. The van der Waals surface area contributed by atoms with E-state index in [0.29, 0.717) is 0 Å². The van der Waals surface area contributed by atoms with Gasteiger partial charge in [-0.1, -0.05) is 77.9 Å². The Labute approximate surface area is 183 Å². The van der Waals surface area contributed by atoms with E-state index in [1.807, 2.05) is 30.3 Å². The van der Waals surface area contributed by atoms with Crippen molar-refractivity contribution in [2.45, 2.75) is 32.1 Å². The van der Waals surface area contributed by atoms with Crippen LogP contribution in [0.2, 0.25) is 0 Å². The molecule has 1 aliphatic carbocycles. The van der Waals surface area contributed by atoms with E-state index in [9.17, 15) is 4.79 Å². The lowest BCUT2D eigenvalue weighted by Crippen LogP contribution is -2.42. The number of nitrogens with zero attached hydrogens (tertiary/aromatic N) is 1. The molecule has 1 unspecified atom stereocenters. The van der Waals surface area contributed by atoms with Crippen molar-refractivity contribution in [3.8, 4) is 0 Å². The normalized spacial score (nSPS) is 20.3. The highest BCUT2D eigenvalue weighted by molar-refractivity contribution is 6.02. The maximum atomic E-state index is 13.6. The number of aromatic nitrogens is 1. The van der Waals surface area contributed by atoms with Gasteiger partial charge in [0.25, 0.3) is 0 Å². The van der Waals surface area contributed by atoms with Crippen LogP contribution in [0.15, 0.2) is 85.1 Å². The number of anilines is 1. The Hall–Kier alpha value is -3.46. The predicted octanol–water partition coefficient (Wildman–Crippen LogP) is 6.38. The van der Waals surface area contributed by atoms with Gasteiger partial charge in [-0.15, -0.1) is 0 Å². The Balaban J connectivity index is 1.48. The molecular formula is C28H26N2O. The van der Waals surface area contributed by atoms with Gasteiger partial charge in [-0.05, 0) is 55.4 Å². The molecule has 3 nitrogen and oxygen atoms in total. The molecule has 1 saturated carbocycles. The van der Waals surface area contributed by atoms with Crippen molar-refractivity contribution in [2.24, 2.45) is 5.92 Å². The SMILES string of the molecule is Cc1ccc([C@H]2C[C@@H](c3ccc(C)cc3)C2C(=O)Nc2cccc3cccnc23)cc1. The topological polar surface area (TPSA) is 42.0 Å². The van der Waals surface area contributed by atoms with Crippen LogP contribution in [0.5, 0.6) is 0 Å². The molecule has 3 heteroatoms. The number of amides is 1. The highest BCUT2D eigenvalue weighted by Crippen LogP contribution is 2.53. The van der Waals surface area contributed by atoms with Crippen LogP contribution < -0.4 is 5.32 Å². The van der Waals surface area contributed by atoms with Gasteiger partial charge in [-0.3, -0.25) is 9.78 Å². The molecule has 4 aromatic rings. The molecule has 0 bridgehead atoms. The summed E-state index contributed by atoms with van der Waals surface area (Å²) in [6.45, 7) is 4.19. The summed E-state index contributed by atoms with van der Waals surface area (Å²) in [5.74, 6) is 0.398. The lowest BCUT2D eigenvalue weighted by atomic mass is 9.59. The third-order valence-electron chi connectivity index (χ3n) is 6.58. The first kappa shape index (κ1) is 19.5. The lowest BCUT2D eigenvalue weighted by molar-refractivity contribution is -0.124. The number of benzene rings is 3. The minimum absolute atomic E-state index is 0.0700. The van der Waals surface area contributed by atoms with Gasteiger partial charge in [0.15, 0.2) is 0 Å². The molecule has 3 aromatic carbocycles. The van der Waals surface area contributed by atoms with Crippen molar-refractivity contribution >= 4 is 22.5 Å². The molecule has 0 saturated heterocycles. The van der Waals surface area contributed by atoms with Gasteiger partial charge in [0, 0.05) is 11.6 Å². The minimum Gasteiger partial charge on any atom is -0.324 e. The van der Waals surface area contributed by atoms with E-state index in [2.05, 4.69) is 72.7 Å². The van der Waals surface area contributed by atoms with Crippen LogP contribution in [-0.4, -0.2) is 10.9 Å². The first-order chi connectivity index (χ1) is 15.1. The molecule has 154 valence electrons. The number of carbonyl (C=O) groups is 1. The fourth-order valence-corrected chi connectivity index (χ4v) is 4.75. The molecule has 1 amide bonds. The lowest BCUT2D eigenvalue weighted by Gasteiger charge is -2.44. The molecule has 1 fully saturated rings. The van der Waals surface area contributed by atoms with E-state index < -0.39 is 0 Å². The molecule has 3 atom stereocenters. The third-order valence-corrected chi connectivity index (χ3v) is 6.58.